The van der Waals surface area contributed by atoms with Gasteiger partial charge in [-0.2, -0.15) is 0 Å². The smallest absolute Gasteiger partial charge is 0.394 e. The van der Waals surface area contributed by atoms with Crippen molar-refractivity contribution in [1.29, 1.82) is 0 Å². The lowest BCUT2D eigenvalue weighted by molar-refractivity contribution is -0.125. The largest absolute Gasteiger partial charge is 0.470 e. The van der Waals surface area contributed by atoms with Gasteiger partial charge in [-0.25, -0.2) is 13.7 Å². The molecule has 0 aliphatic rings. The number of hydrogen-bond acceptors (Lipinski definition) is 8. The molecule has 132 valence electrons. The van der Waals surface area contributed by atoms with Gasteiger partial charge in [-0.15, -0.1) is 0 Å². The lowest BCUT2D eigenvalue weighted by Crippen LogP contribution is -2.44. The van der Waals surface area contributed by atoms with E-state index in [1.54, 1.807) is 0 Å². The molecule has 0 rings (SSSR count). The van der Waals surface area contributed by atoms with E-state index in [2.05, 4.69) is 13.6 Å². The van der Waals surface area contributed by atoms with E-state index in [1.807, 2.05) is 0 Å². The van der Waals surface area contributed by atoms with Gasteiger partial charge in [0.15, 0.2) is 12.4 Å². The molecule has 0 aliphatic heterocycles. The first-order valence-corrected chi connectivity index (χ1v) is 9.55. The van der Waals surface area contributed by atoms with E-state index in [0.717, 1.165) is 0 Å². The molecule has 0 amide bonds. The van der Waals surface area contributed by atoms with E-state index in [9.17, 15) is 18.5 Å². The standard InChI is InChI=1S/C5H13O14P3/c6-1-3(17-20(8,9)10)5(19-22(14,15)16)4(2-7)18-21(11,12)13/h1,3-5,7H,2H2,(H2,8,9,10)(H2,11,12,13)(H2,14,15,16)/t3-,4-,5-/m1/s1. The van der Waals surface area contributed by atoms with E-state index in [-0.39, 0.29) is 6.29 Å². The molecule has 0 aliphatic carbocycles. The summed E-state index contributed by atoms with van der Waals surface area (Å²) in [6, 6.07) is 0. The van der Waals surface area contributed by atoms with Gasteiger partial charge < -0.3 is 39.3 Å². The van der Waals surface area contributed by atoms with Gasteiger partial charge in [0.25, 0.3) is 0 Å². The molecule has 3 atom stereocenters. The van der Waals surface area contributed by atoms with Crippen molar-refractivity contribution < 1.29 is 66.5 Å². The van der Waals surface area contributed by atoms with Crippen LogP contribution in [0.5, 0.6) is 0 Å². The van der Waals surface area contributed by atoms with Crippen LogP contribution in [0.3, 0.4) is 0 Å². The highest BCUT2D eigenvalue weighted by Crippen LogP contribution is 2.46. The van der Waals surface area contributed by atoms with Crippen LogP contribution in [0.4, 0.5) is 0 Å². The Balaban J connectivity index is 5.57. The summed E-state index contributed by atoms with van der Waals surface area (Å²) in [7, 11) is -16.1. The lowest BCUT2D eigenvalue weighted by atomic mass is 10.1. The summed E-state index contributed by atoms with van der Waals surface area (Å²) in [4.78, 5) is 62.4. The first kappa shape index (κ1) is 22.0. The molecule has 22 heavy (non-hydrogen) atoms. The van der Waals surface area contributed by atoms with Gasteiger partial charge in [-0.1, -0.05) is 0 Å². The van der Waals surface area contributed by atoms with Crippen LogP contribution in [0.25, 0.3) is 0 Å². The third-order valence-corrected chi connectivity index (χ3v) is 3.38. The predicted molar refractivity (Wildman–Crippen MR) is 63.9 cm³/mol. The monoisotopic (exact) mass is 390 g/mol. The van der Waals surface area contributed by atoms with E-state index < -0.39 is 48.4 Å². The average Bonchev–Trinajstić information content (AvgIpc) is 2.27. The van der Waals surface area contributed by atoms with Gasteiger partial charge in [0, 0.05) is 0 Å². The summed E-state index contributed by atoms with van der Waals surface area (Å²) >= 11 is 0. The fourth-order valence-corrected chi connectivity index (χ4v) is 2.79. The fourth-order valence-electron chi connectivity index (χ4n) is 1.19. The summed E-state index contributed by atoms with van der Waals surface area (Å²) in [5.41, 5.74) is 0. The number of aliphatic hydroxyl groups excluding tert-OH is 1. The predicted octanol–water partition coefficient (Wildman–Crippen LogP) is -2.39. The summed E-state index contributed by atoms with van der Waals surface area (Å²) in [5, 5.41) is 8.93. The molecule has 0 spiro atoms. The van der Waals surface area contributed by atoms with Gasteiger partial charge in [0.2, 0.25) is 0 Å². The molecule has 14 nitrogen and oxygen atoms in total. The quantitative estimate of drug-likeness (QED) is 0.152. The maximum atomic E-state index is 10.8. The van der Waals surface area contributed by atoms with Crippen LogP contribution in [-0.4, -0.2) is 65.7 Å². The minimum Gasteiger partial charge on any atom is -0.394 e. The minimum absolute atomic E-state index is 0.370. The zero-order chi connectivity index (χ0) is 17.8. The molecular weight excluding hydrogens is 377 g/mol. The maximum Gasteiger partial charge on any atom is 0.470 e. The van der Waals surface area contributed by atoms with E-state index in [1.165, 1.54) is 0 Å². The SMILES string of the molecule is O=C[C@@H](OP(=O)(O)O)[C@@H](OP(=O)(O)O)[C@@H](CO)OP(=O)(O)O. The molecular formula is C5H13O14P3. The second kappa shape index (κ2) is 8.18. The van der Waals surface area contributed by atoms with Crippen LogP contribution in [0, 0.1) is 0 Å². The number of hydrogen-bond donors (Lipinski definition) is 7. The first-order valence-electron chi connectivity index (χ1n) is 4.96. The molecule has 0 aromatic heterocycles. The number of phosphoric ester groups is 3. The van der Waals surface area contributed by atoms with Crippen molar-refractivity contribution in [3.63, 3.8) is 0 Å². The van der Waals surface area contributed by atoms with Crippen LogP contribution in [0.15, 0.2) is 0 Å². The Bertz CT molecular complexity index is 499. The third-order valence-electron chi connectivity index (χ3n) is 1.80. The Labute approximate surface area is 122 Å². The number of carbonyl (C=O) groups is 1. The van der Waals surface area contributed by atoms with E-state index >= 15 is 0 Å². The van der Waals surface area contributed by atoms with Crippen molar-refractivity contribution in [3.8, 4) is 0 Å². The highest BCUT2D eigenvalue weighted by Gasteiger charge is 2.42. The Morgan fingerprint density at radius 3 is 1.50 bits per heavy atom. The second-order valence-electron chi connectivity index (χ2n) is 3.57. The van der Waals surface area contributed by atoms with Crippen LogP contribution >= 0.6 is 23.5 Å². The van der Waals surface area contributed by atoms with E-state index in [0.29, 0.717) is 0 Å². The Morgan fingerprint density at radius 2 is 1.23 bits per heavy atom. The molecule has 0 fully saturated rings. The molecule has 0 saturated carbocycles. The summed E-state index contributed by atoms with van der Waals surface area (Å²) in [6.45, 7) is -1.34. The number of aliphatic hydroxyl groups is 1. The molecule has 0 bridgehead atoms. The van der Waals surface area contributed by atoms with Crippen LogP contribution in [0.2, 0.25) is 0 Å². The Hall–Kier alpha value is -0.0400. The average molecular weight is 390 g/mol. The second-order valence-corrected chi connectivity index (χ2v) is 7.15. The van der Waals surface area contributed by atoms with Crippen molar-refractivity contribution in [3.05, 3.63) is 0 Å². The van der Waals surface area contributed by atoms with Crippen LogP contribution < -0.4 is 0 Å². The molecule has 0 aromatic carbocycles. The molecule has 0 aromatic rings. The van der Waals surface area contributed by atoms with Gasteiger partial charge in [-0.05, 0) is 0 Å². The fraction of sp³-hybridized carbons (Fsp3) is 0.800. The molecule has 17 heteroatoms. The maximum absolute atomic E-state index is 10.8. The number of rotatable bonds is 10. The number of carbonyl (C=O) groups excluding carboxylic acids is 1. The molecule has 0 radical (unpaired) electrons. The molecule has 0 saturated heterocycles. The lowest BCUT2D eigenvalue weighted by Gasteiger charge is -2.29. The highest BCUT2D eigenvalue weighted by atomic mass is 31.2. The first-order chi connectivity index (χ1) is 9.68. The van der Waals surface area contributed by atoms with Gasteiger partial charge in [0.05, 0.1) is 6.61 Å². The summed E-state index contributed by atoms with van der Waals surface area (Å²) in [6.07, 6.45) is -7.48. The van der Waals surface area contributed by atoms with Crippen molar-refractivity contribution >= 4 is 29.8 Å². The van der Waals surface area contributed by atoms with Gasteiger partial charge >= 0.3 is 23.5 Å². The van der Waals surface area contributed by atoms with Gasteiger partial charge in [-0.3, -0.25) is 13.6 Å². The Kier molecular flexibility index (Phi) is 8.16. The van der Waals surface area contributed by atoms with Crippen molar-refractivity contribution in [2.75, 3.05) is 6.61 Å². The summed E-state index contributed by atoms with van der Waals surface area (Å²) in [5.74, 6) is 0. The van der Waals surface area contributed by atoms with E-state index in [4.69, 9.17) is 34.5 Å². The normalized spacial score (nSPS) is 17.8. The van der Waals surface area contributed by atoms with Crippen molar-refractivity contribution in [1.82, 2.24) is 0 Å². The molecule has 7 N–H and O–H groups in total. The highest BCUT2D eigenvalue weighted by molar-refractivity contribution is 7.47. The van der Waals surface area contributed by atoms with Gasteiger partial charge in [0.1, 0.15) is 12.2 Å². The molecule has 0 unspecified atom stereocenters. The molecule has 0 heterocycles. The van der Waals surface area contributed by atoms with Crippen LogP contribution in [-0.2, 0) is 32.1 Å². The number of phosphoric acid groups is 3. The zero-order valence-corrected chi connectivity index (χ0v) is 13.0. The van der Waals surface area contributed by atoms with Crippen molar-refractivity contribution in [2.45, 2.75) is 18.3 Å². The topological polar surface area (TPSA) is 238 Å². The third kappa shape index (κ3) is 9.87. The van der Waals surface area contributed by atoms with Crippen molar-refractivity contribution in [2.24, 2.45) is 0 Å². The summed E-state index contributed by atoms with van der Waals surface area (Å²) < 4.78 is 44.0. The zero-order valence-electron chi connectivity index (χ0n) is 10.3. The number of aldehydes is 1. The minimum atomic E-state index is -5.42. The van der Waals surface area contributed by atoms with Crippen LogP contribution in [0.1, 0.15) is 0 Å². The Morgan fingerprint density at radius 1 is 0.818 bits per heavy atom.